The summed E-state index contributed by atoms with van der Waals surface area (Å²) in [5.74, 6) is 0.343. The van der Waals surface area contributed by atoms with E-state index in [0.717, 1.165) is 5.56 Å². The predicted octanol–water partition coefficient (Wildman–Crippen LogP) is 2.55. The molecule has 1 atom stereocenters. The Labute approximate surface area is 180 Å². The fraction of sp³-hybridized carbons (Fsp3) is 0.318. The molecule has 0 spiro atoms. The molecule has 3 aromatic rings. The SMILES string of the molecule is COc1ccccc1C(=O)N[C@@H](C(=O)N(C)Cc1nc(-c2cccnc2)no1)C(C)C. The van der Waals surface area contributed by atoms with Crippen LogP contribution < -0.4 is 10.1 Å². The molecule has 0 aliphatic rings. The Morgan fingerprint density at radius 1 is 1.19 bits per heavy atom. The number of likely N-dealkylation sites (N-methyl/N-ethyl adjacent to an activating group) is 1. The lowest BCUT2D eigenvalue weighted by atomic mass is 10.0. The van der Waals surface area contributed by atoms with Crippen LogP contribution >= 0.6 is 0 Å². The molecule has 0 unspecified atom stereocenters. The Kier molecular flexibility index (Phi) is 6.96. The Morgan fingerprint density at radius 3 is 2.65 bits per heavy atom. The third kappa shape index (κ3) is 5.25. The quantitative estimate of drug-likeness (QED) is 0.593. The fourth-order valence-corrected chi connectivity index (χ4v) is 3.01. The number of ether oxygens (including phenoxy) is 1. The number of carbonyl (C=O) groups excluding carboxylic acids is 2. The summed E-state index contributed by atoms with van der Waals surface area (Å²) >= 11 is 0. The van der Waals surface area contributed by atoms with Crippen LogP contribution in [-0.2, 0) is 11.3 Å². The van der Waals surface area contributed by atoms with Crippen molar-refractivity contribution < 1.29 is 18.8 Å². The van der Waals surface area contributed by atoms with Crippen molar-refractivity contribution in [3.8, 4) is 17.1 Å². The van der Waals surface area contributed by atoms with Gasteiger partial charge in [0.1, 0.15) is 11.8 Å². The van der Waals surface area contributed by atoms with E-state index in [-0.39, 0.29) is 30.2 Å². The van der Waals surface area contributed by atoms with Crippen LogP contribution in [-0.4, -0.2) is 52.0 Å². The molecule has 2 heterocycles. The molecule has 0 saturated carbocycles. The molecular weight excluding hydrogens is 398 g/mol. The number of nitrogens with one attached hydrogen (secondary N) is 1. The van der Waals surface area contributed by atoms with Crippen LogP contribution in [0.2, 0.25) is 0 Å². The molecular formula is C22H25N5O4. The summed E-state index contributed by atoms with van der Waals surface area (Å²) in [5.41, 5.74) is 1.08. The Hall–Kier alpha value is -3.75. The molecule has 9 nitrogen and oxygen atoms in total. The second-order valence-electron chi connectivity index (χ2n) is 7.34. The first-order valence-electron chi connectivity index (χ1n) is 9.82. The first kappa shape index (κ1) is 21.9. The van der Waals surface area contributed by atoms with E-state index in [9.17, 15) is 9.59 Å². The molecule has 31 heavy (non-hydrogen) atoms. The van der Waals surface area contributed by atoms with Crippen LogP contribution in [0.3, 0.4) is 0 Å². The van der Waals surface area contributed by atoms with Gasteiger partial charge in [-0.3, -0.25) is 14.6 Å². The number of methoxy groups -OCH3 is 1. The van der Waals surface area contributed by atoms with Crippen molar-refractivity contribution >= 4 is 11.8 Å². The number of amides is 2. The second-order valence-corrected chi connectivity index (χ2v) is 7.34. The van der Waals surface area contributed by atoms with Crippen molar-refractivity contribution in [2.75, 3.05) is 14.2 Å². The lowest BCUT2D eigenvalue weighted by Gasteiger charge is -2.26. The number of carbonyl (C=O) groups is 2. The zero-order chi connectivity index (χ0) is 22.4. The van der Waals surface area contributed by atoms with Gasteiger partial charge >= 0.3 is 0 Å². The molecule has 0 aliphatic heterocycles. The van der Waals surface area contributed by atoms with Gasteiger partial charge in [0.25, 0.3) is 5.91 Å². The largest absolute Gasteiger partial charge is 0.496 e. The number of hydrogen-bond donors (Lipinski definition) is 1. The number of nitrogens with zero attached hydrogens (tertiary/aromatic N) is 4. The molecule has 0 aliphatic carbocycles. The molecule has 3 rings (SSSR count). The lowest BCUT2D eigenvalue weighted by molar-refractivity contribution is -0.133. The van der Waals surface area contributed by atoms with Crippen molar-refractivity contribution in [2.24, 2.45) is 5.92 Å². The van der Waals surface area contributed by atoms with Crippen LogP contribution in [0.1, 0.15) is 30.1 Å². The van der Waals surface area contributed by atoms with Crippen LogP contribution in [0.5, 0.6) is 5.75 Å². The van der Waals surface area contributed by atoms with E-state index in [0.29, 0.717) is 17.1 Å². The summed E-state index contributed by atoms with van der Waals surface area (Å²) < 4.78 is 10.5. The van der Waals surface area contributed by atoms with Gasteiger partial charge in [-0.1, -0.05) is 31.1 Å². The topological polar surface area (TPSA) is 110 Å². The van der Waals surface area contributed by atoms with Gasteiger partial charge in [-0.25, -0.2) is 0 Å². The van der Waals surface area contributed by atoms with Crippen molar-refractivity contribution in [2.45, 2.75) is 26.4 Å². The fourth-order valence-electron chi connectivity index (χ4n) is 3.01. The number of pyridine rings is 1. The van der Waals surface area contributed by atoms with E-state index in [1.807, 2.05) is 19.9 Å². The summed E-state index contributed by atoms with van der Waals surface area (Å²) in [7, 11) is 3.12. The number of rotatable bonds is 8. The van der Waals surface area contributed by atoms with Crippen LogP contribution in [0, 0.1) is 5.92 Å². The molecule has 0 fully saturated rings. The highest BCUT2D eigenvalue weighted by molar-refractivity contribution is 5.99. The Balaban J connectivity index is 1.70. The van der Waals surface area contributed by atoms with Crippen LogP contribution in [0.4, 0.5) is 0 Å². The van der Waals surface area contributed by atoms with Crippen molar-refractivity contribution in [3.63, 3.8) is 0 Å². The maximum atomic E-state index is 13.1. The van der Waals surface area contributed by atoms with E-state index in [4.69, 9.17) is 9.26 Å². The number of aromatic nitrogens is 3. The molecule has 0 radical (unpaired) electrons. The lowest BCUT2D eigenvalue weighted by Crippen LogP contribution is -2.50. The van der Waals surface area contributed by atoms with Crippen LogP contribution in [0.25, 0.3) is 11.4 Å². The summed E-state index contributed by atoms with van der Waals surface area (Å²) in [6, 6.07) is 9.73. The molecule has 0 saturated heterocycles. The minimum absolute atomic E-state index is 0.111. The smallest absolute Gasteiger partial charge is 0.255 e. The van der Waals surface area contributed by atoms with Gasteiger partial charge in [-0.2, -0.15) is 4.98 Å². The highest BCUT2D eigenvalue weighted by Gasteiger charge is 2.29. The highest BCUT2D eigenvalue weighted by atomic mass is 16.5. The van der Waals surface area contributed by atoms with Gasteiger partial charge in [-0.05, 0) is 30.2 Å². The predicted molar refractivity (Wildman–Crippen MR) is 113 cm³/mol. The highest BCUT2D eigenvalue weighted by Crippen LogP contribution is 2.19. The summed E-state index contributed by atoms with van der Waals surface area (Å²) in [6.07, 6.45) is 3.29. The average Bonchev–Trinajstić information content (AvgIpc) is 3.25. The first-order valence-corrected chi connectivity index (χ1v) is 9.82. The van der Waals surface area contributed by atoms with Crippen molar-refractivity contribution in [1.82, 2.24) is 25.3 Å². The summed E-state index contributed by atoms with van der Waals surface area (Å²) in [4.78, 5) is 35.6. The zero-order valence-electron chi connectivity index (χ0n) is 17.9. The summed E-state index contributed by atoms with van der Waals surface area (Å²) in [5, 5.41) is 6.76. The van der Waals surface area contributed by atoms with Gasteiger partial charge in [0, 0.05) is 25.0 Å². The van der Waals surface area contributed by atoms with E-state index in [1.165, 1.54) is 12.0 Å². The average molecular weight is 423 g/mol. The van der Waals surface area contributed by atoms with Gasteiger partial charge in [0.15, 0.2) is 0 Å². The summed E-state index contributed by atoms with van der Waals surface area (Å²) in [6.45, 7) is 3.85. The van der Waals surface area contributed by atoms with Gasteiger partial charge in [-0.15, -0.1) is 0 Å². The third-order valence-corrected chi connectivity index (χ3v) is 4.71. The van der Waals surface area contributed by atoms with E-state index in [1.54, 1.807) is 49.8 Å². The van der Waals surface area contributed by atoms with E-state index >= 15 is 0 Å². The molecule has 2 amide bonds. The normalized spacial score (nSPS) is 11.8. The van der Waals surface area contributed by atoms with Crippen LogP contribution in [0.15, 0.2) is 53.3 Å². The molecule has 162 valence electrons. The Morgan fingerprint density at radius 2 is 1.97 bits per heavy atom. The maximum absolute atomic E-state index is 13.1. The molecule has 9 heteroatoms. The Bertz CT molecular complexity index is 1040. The minimum atomic E-state index is -0.733. The molecule has 0 bridgehead atoms. The monoisotopic (exact) mass is 423 g/mol. The third-order valence-electron chi connectivity index (χ3n) is 4.71. The minimum Gasteiger partial charge on any atom is -0.496 e. The van der Waals surface area contributed by atoms with Crippen molar-refractivity contribution in [3.05, 3.63) is 60.2 Å². The van der Waals surface area contributed by atoms with Crippen molar-refractivity contribution in [1.29, 1.82) is 0 Å². The van der Waals surface area contributed by atoms with Gasteiger partial charge in [0.2, 0.25) is 17.6 Å². The standard InChI is InChI=1S/C22H25N5O4/c1-14(2)19(25-21(28)16-9-5-6-10-17(16)30-4)22(29)27(3)13-18-24-20(26-31-18)15-8-7-11-23-12-15/h5-12,14,19H,13H2,1-4H3,(H,25,28)/t19-/m1/s1. The number of hydrogen-bond acceptors (Lipinski definition) is 7. The van der Waals surface area contributed by atoms with Gasteiger partial charge < -0.3 is 19.5 Å². The zero-order valence-corrected chi connectivity index (χ0v) is 17.9. The first-order chi connectivity index (χ1) is 14.9. The number of benzene rings is 1. The molecule has 1 N–H and O–H groups in total. The maximum Gasteiger partial charge on any atom is 0.255 e. The molecule has 1 aromatic carbocycles. The second kappa shape index (κ2) is 9.84. The molecule has 2 aromatic heterocycles. The van der Waals surface area contributed by atoms with E-state index in [2.05, 4.69) is 20.4 Å². The number of para-hydroxylation sites is 1. The van der Waals surface area contributed by atoms with E-state index < -0.39 is 6.04 Å². The van der Waals surface area contributed by atoms with Gasteiger partial charge in [0.05, 0.1) is 19.2 Å².